The van der Waals surface area contributed by atoms with Gasteiger partial charge >= 0.3 is 6.09 Å². The van der Waals surface area contributed by atoms with Gasteiger partial charge in [0, 0.05) is 38.9 Å². The third-order valence-corrected chi connectivity index (χ3v) is 8.12. The summed E-state index contributed by atoms with van der Waals surface area (Å²) >= 11 is 6.76. The molecule has 0 atom stereocenters. The van der Waals surface area contributed by atoms with Gasteiger partial charge in [0.15, 0.2) is 0 Å². The molecule has 2 fully saturated rings. The second kappa shape index (κ2) is 13.2. The van der Waals surface area contributed by atoms with Gasteiger partial charge in [0.1, 0.15) is 15.8 Å². The summed E-state index contributed by atoms with van der Waals surface area (Å²) in [7, 11) is 0. The lowest BCUT2D eigenvalue weighted by molar-refractivity contribution is -0.122. The molecule has 0 saturated carbocycles. The van der Waals surface area contributed by atoms with Crippen molar-refractivity contribution in [1.82, 2.24) is 19.2 Å². The minimum absolute atomic E-state index is 0.163. The van der Waals surface area contributed by atoms with Gasteiger partial charge in [-0.3, -0.25) is 18.9 Å². The Morgan fingerprint density at radius 3 is 2.55 bits per heavy atom. The van der Waals surface area contributed by atoms with E-state index in [2.05, 4.69) is 6.92 Å². The molecular weight excluding hydrogens is 522 g/mol. The second-order valence-corrected chi connectivity index (χ2v) is 11.0. The molecule has 0 aromatic carbocycles. The third kappa shape index (κ3) is 6.37. The number of amides is 2. The first-order chi connectivity index (χ1) is 18.4. The predicted molar refractivity (Wildman–Crippen MR) is 156 cm³/mol. The molecule has 0 spiro atoms. The van der Waals surface area contributed by atoms with Crippen LogP contribution < -0.4 is 10.5 Å². The molecule has 0 unspecified atom stereocenters. The molecule has 2 saturated heterocycles. The Bertz CT molecular complexity index is 1270. The normalized spacial score (nSPS) is 17.2. The van der Waals surface area contributed by atoms with Crippen LogP contribution in [0.5, 0.6) is 0 Å². The van der Waals surface area contributed by atoms with Crippen molar-refractivity contribution in [3.8, 4) is 0 Å². The van der Waals surface area contributed by atoms with Crippen molar-refractivity contribution < 1.29 is 14.3 Å². The molecule has 0 aliphatic carbocycles. The summed E-state index contributed by atoms with van der Waals surface area (Å²) in [6, 6.07) is 5.39. The maximum atomic E-state index is 13.6. The highest BCUT2D eigenvalue weighted by atomic mass is 32.2. The molecule has 2 aromatic heterocycles. The molecule has 4 rings (SSSR count). The number of carbonyl (C=O) groups is 2. The largest absolute Gasteiger partial charge is 0.450 e. The van der Waals surface area contributed by atoms with Crippen LogP contribution in [0, 0.1) is 0 Å². The van der Waals surface area contributed by atoms with E-state index in [0.29, 0.717) is 65.6 Å². The van der Waals surface area contributed by atoms with Crippen LogP contribution in [0.1, 0.15) is 57.9 Å². The quantitative estimate of drug-likeness (QED) is 0.239. The van der Waals surface area contributed by atoms with Crippen LogP contribution in [0.25, 0.3) is 11.7 Å². The van der Waals surface area contributed by atoms with Gasteiger partial charge < -0.3 is 14.5 Å². The van der Waals surface area contributed by atoms with E-state index in [0.717, 1.165) is 19.3 Å². The topological polar surface area (TPSA) is 87.5 Å². The van der Waals surface area contributed by atoms with Gasteiger partial charge in [-0.1, -0.05) is 69.1 Å². The van der Waals surface area contributed by atoms with Gasteiger partial charge in [-0.25, -0.2) is 9.78 Å². The van der Waals surface area contributed by atoms with Crippen molar-refractivity contribution in [1.29, 1.82) is 0 Å². The van der Waals surface area contributed by atoms with E-state index in [9.17, 15) is 14.4 Å². The summed E-state index contributed by atoms with van der Waals surface area (Å²) in [5.41, 5.74) is 0.617. The Kier molecular flexibility index (Phi) is 9.79. The summed E-state index contributed by atoms with van der Waals surface area (Å²) in [5, 5.41) is 0. The van der Waals surface area contributed by atoms with E-state index in [4.69, 9.17) is 21.9 Å². The van der Waals surface area contributed by atoms with Crippen LogP contribution in [0.2, 0.25) is 0 Å². The van der Waals surface area contributed by atoms with Crippen LogP contribution >= 0.6 is 24.0 Å². The number of rotatable bonds is 10. The molecule has 0 N–H and O–H groups in total. The minimum atomic E-state index is -0.340. The van der Waals surface area contributed by atoms with Crippen molar-refractivity contribution >= 4 is 57.8 Å². The van der Waals surface area contributed by atoms with E-state index < -0.39 is 0 Å². The molecule has 2 aliphatic rings. The lowest BCUT2D eigenvalue weighted by Gasteiger charge is -2.35. The maximum absolute atomic E-state index is 13.6. The van der Waals surface area contributed by atoms with E-state index in [1.54, 1.807) is 41.1 Å². The number of nitrogens with zero attached hydrogens (tertiary/aromatic N) is 5. The van der Waals surface area contributed by atoms with Crippen LogP contribution in [0.4, 0.5) is 10.6 Å². The van der Waals surface area contributed by atoms with E-state index in [1.807, 2.05) is 11.0 Å². The Labute approximate surface area is 232 Å². The Hall–Kier alpha value is -2.92. The molecule has 0 bridgehead atoms. The smallest absolute Gasteiger partial charge is 0.409 e. The van der Waals surface area contributed by atoms with Gasteiger partial charge in [-0.05, 0) is 31.6 Å². The number of pyridine rings is 1. The zero-order valence-corrected chi connectivity index (χ0v) is 23.7. The summed E-state index contributed by atoms with van der Waals surface area (Å²) in [4.78, 5) is 49.6. The Morgan fingerprint density at radius 2 is 1.82 bits per heavy atom. The standard InChI is InChI=1S/C27H35N5O4S2/c1-3-5-6-7-8-10-14-32-25(34)21(38-27(32)37)19-20-23(28-22-12-9-11-13-31(22)24(20)33)29-15-17-30(18-16-29)26(35)36-4-2/h9,11-13,19H,3-8,10,14-18H2,1-2H3. The molecule has 11 heteroatoms. The zero-order valence-electron chi connectivity index (χ0n) is 22.1. The van der Waals surface area contributed by atoms with Crippen molar-refractivity contribution in [2.75, 3.05) is 44.2 Å². The molecule has 2 amide bonds. The highest BCUT2D eigenvalue weighted by Gasteiger charge is 2.33. The molecule has 2 aromatic rings. The van der Waals surface area contributed by atoms with Crippen molar-refractivity contribution in [2.45, 2.75) is 52.4 Å². The van der Waals surface area contributed by atoms with E-state index >= 15 is 0 Å². The first kappa shape index (κ1) is 28.1. The van der Waals surface area contributed by atoms with Gasteiger partial charge in [0.2, 0.25) is 0 Å². The number of anilines is 1. The highest BCUT2D eigenvalue weighted by Crippen LogP contribution is 2.34. The number of thioether (sulfide) groups is 1. The van der Waals surface area contributed by atoms with Crippen LogP contribution in [-0.4, -0.2) is 74.8 Å². The number of hydrogen-bond acceptors (Lipinski definition) is 8. The SMILES string of the molecule is CCCCCCCCN1C(=O)C(=Cc2c(N3CCN(C(=O)OCC)CC3)nc3ccccn3c2=O)SC1=S. The minimum Gasteiger partial charge on any atom is -0.450 e. The molecular formula is C27H35N5O4S2. The van der Waals surface area contributed by atoms with Crippen LogP contribution in [0.15, 0.2) is 34.1 Å². The zero-order chi connectivity index (χ0) is 27.1. The first-order valence-electron chi connectivity index (χ1n) is 13.4. The lowest BCUT2D eigenvalue weighted by Crippen LogP contribution is -2.49. The molecule has 2 aliphatic heterocycles. The number of thiocarbonyl (C=S) groups is 1. The number of unbranched alkanes of at least 4 members (excludes halogenated alkanes) is 5. The molecule has 4 heterocycles. The second-order valence-electron chi connectivity index (χ2n) is 9.36. The summed E-state index contributed by atoms with van der Waals surface area (Å²) in [6.07, 6.45) is 9.75. The number of carbonyl (C=O) groups excluding carboxylic acids is 2. The number of hydrogen-bond donors (Lipinski definition) is 0. The number of ether oxygens (including phenoxy) is 1. The summed E-state index contributed by atoms with van der Waals surface area (Å²) < 4.78 is 7.14. The lowest BCUT2D eigenvalue weighted by atomic mass is 10.1. The number of piperazine rings is 1. The number of aromatic nitrogens is 2. The third-order valence-electron chi connectivity index (χ3n) is 6.74. The monoisotopic (exact) mass is 557 g/mol. The summed E-state index contributed by atoms with van der Waals surface area (Å²) in [6.45, 7) is 6.78. The highest BCUT2D eigenvalue weighted by molar-refractivity contribution is 8.26. The average molecular weight is 558 g/mol. The fraction of sp³-hybridized carbons (Fsp3) is 0.519. The van der Waals surface area contributed by atoms with Gasteiger partial charge in [-0.2, -0.15) is 0 Å². The van der Waals surface area contributed by atoms with Gasteiger partial charge in [0.05, 0.1) is 17.1 Å². The van der Waals surface area contributed by atoms with E-state index in [-0.39, 0.29) is 17.6 Å². The van der Waals surface area contributed by atoms with Gasteiger partial charge in [-0.15, -0.1) is 0 Å². The molecule has 204 valence electrons. The maximum Gasteiger partial charge on any atom is 0.409 e. The average Bonchev–Trinajstić information content (AvgIpc) is 3.19. The molecule has 0 radical (unpaired) electrons. The van der Waals surface area contributed by atoms with Crippen LogP contribution in [-0.2, 0) is 9.53 Å². The van der Waals surface area contributed by atoms with Crippen molar-refractivity contribution in [3.63, 3.8) is 0 Å². The number of fused-ring (bicyclic) bond motifs is 1. The molecule has 38 heavy (non-hydrogen) atoms. The van der Waals surface area contributed by atoms with Gasteiger partial charge in [0.25, 0.3) is 11.5 Å². The predicted octanol–water partition coefficient (Wildman–Crippen LogP) is 4.53. The molecule has 9 nitrogen and oxygen atoms in total. The van der Waals surface area contributed by atoms with Crippen LogP contribution in [0.3, 0.4) is 0 Å². The van der Waals surface area contributed by atoms with Crippen molar-refractivity contribution in [2.24, 2.45) is 0 Å². The Morgan fingerprint density at radius 1 is 1.08 bits per heavy atom. The fourth-order valence-electron chi connectivity index (χ4n) is 4.65. The van der Waals surface area contributed by atoms with Crippen molar-refractivity contribution in [3.05, 3.63) is 45.2 Å². The van der Waals surface area contributed by atoms with E-state index in [1.165, 1.54) is 35.4 Å². The Balaban J connectivity index is 1.57. The first-order valence-corrected chi connectivity index (χ1v) is 14.6. The fourth-order valence-corrected chi connectivity index (χ4v) is 5.94. The summed E-state index contributed by atoms with van der Waals surface area (Å²) in [5.74, 6) is 0.343.